The van der Waals surface area contributed by atoms with Gasteiger partial charge < -0.3 is 10.6 Å². The van der Waals surface area contributed by atoms with E-state index in [4.69, 9.17) is 0 Å². The molecular weight excluding hydrogens is 366 g/mol. The van der Waals surface area contributed by atoms with Gasteiger partial charge in [0.25, 0.3) is 0 Å². The second-order valence-corrected chi connectivity index (χ2v) is 7.32. The van der Waals surface area contributed by atoms with E-state index in [2.05, 4.69) is 29.6 Å². The number of carbonyl (C=O) groups is 1. The third kappa shape index (κ3) is 5.47. The van der Waals surface area contributed by atoms with Crippen LogP contribution in [-0.4, -0.2) is 26.8 Å². The van der Waals surface area contributed by atoms with E-state index in [0.717, 1.165) is 18.4 Å². The van der Waals surface area contributed by atoms with Crippen molar-refractivity contribution in [3.63, 3.8) is 0 Å². The molecule has 1 aromatic carbocycles. The van der Waals surface area contributed by atoms with Crippen molar-refractivity contribution in [2.24, 2.45) is 5.92 Å². The number of benzene rings is 1. The van der Waals surface area contributed by atoms with E-state index in [-0.39, 0.29) is 11.7 Å². The van der Waals surface area contributed by atoms with Crippen molar-refractivity contribution >= 4 is 17.4 Å². The summed E-state index contributed by atoms with van der Waals surface area (Å²) in [5.41, 5.74) is 2.01. The van der Waals surface area contributed by atoms with Crippen molar-refractivity contribution < 1.29 is 4.79 Å². The van der Waals surface area contributed by atoms with Crippen LogP contribution in [0, 0.1) is 5.92 Å². The first-order chi connectivity index (χ1) is 14.1. The molecule has 0 aliphatic heterocycles. The fraction of sp³-hybridized carbons (Fsp3) is 0.409. The van der Waals surface area contributed by atoms with Crippen LogP contribution in [0.15, 0.2) is 53.5 Å². The van der Waals surface area contributed by atoms with Crippen molar-refractivity contribution in [1.82, 2.24) is 19.5 Å². The van der Waals surface area contributed by atoms with Gasteiger partial charge in [-0.25, -0.2) is 14.3 Å². The third-order valence-corrected chi connectivity index (χ3v) is 5.10. The maximum absolute atomic E-state index is 12.4. The molecule has 1 atom stereocenters. The van der Waals surface area contributed by atoms with E-state index >= 15 is 0 Å². The lowest BCUT2D eigenvalue weighted by molar-refractivity contribution is 0.249. The number of pyridine rings is 1. The van der Waals surface area contributed by atoms with Crippen LogP contribution in [0.2, 0.25) is 0 Å². The molecule has 0 bridgehead atoms. The number of nitrogens with one attached hydrogen (secondary N) is 2. The van der Waals surface area contributed by atoms with Gasteiger partial charge in [-0.05, 0) is 42.2 Å². The summed E-state index contributed by atoms with van der Waals surface area (Å²) in [6, 6.07) is 12.7. The lowest BCUT2D eigenvalue weighted by atomic mass is 9.99. The Morgan fingerprint density at radius 2 is 2.03 bits per heavy atom. The molecule has 0 aliphatic carbocycles. The molecule has 1 unspecified atom stereocenters. The Morgan fingerprint density at radius 3 is 2.79 bits per heavy atom. The van der Waals surface area contributed by atoms with Crippen LogP contribution in [0.5, 0.6) is 0 Å². The van der Waals surface area contributed by atoms with E-state index in [0.29, 0.717) is 30.3 Å². The summed E-state index contributed by atoms with van der Waals surface area (Å²) in [6.45, 7) is 5.36. The Labute approximate surface area is 170 Å². The van der Waals surface area contributed by atoms with Crippen LogP contribution in [0.4, 0.5) is 10.5 Å². The highest BCUT2D eigenvalue weighted by molar-refractivity contribution is 5.89. The van der Waals surface area contributed by atoms with Gasteiger partial charge in [0.15, 0.2) is 5.65 Å². The molecule has 0 fully saturated rings. The van der Waals surface area contributed by atoms with Crippen LogP contribution < -0.4 is 16.3 Å². The molecule has 0 aliphatic rings. The first-order valence-corrected chi connectivity index (χ1v) is 10.3. The zero-order valence-electron chi connectivity index (χ0n) is 17.1. The molecular formula is C22H29N5O2. The number of anilines is 1. The van der Waals surface area contributed by atoms with Crippen molar-refractivity contribution in [1.29, 1.82) is 0 Å². The standard InChI is InChI=1S/C22H29N5O2/c1-3-5-9-17(4-2)15-23-21(28)24-19-11-8-10-18(14-19)16-27-22(29)26-13-7-6-12-20(26)25-27/h6-8,10-14,17H,3-5,9,15-16H2,1-2H3,(H2,23,24,28). The number of carbonyl (C=O) groups excluding carboxylic acids is 1. The molecule has 154 valence electrons. The van der Waals surface area contributed by atoms with E-state index in [1.807, 2.05) is 30.3 Å². The maximum Gasteiger partial charge on any atom is 0.350 e. The van der Waals surface area contributed by atoms with Gasteiger partial charge in [-0.2, -0.15) is 0 Å². The lowest BCUT2D eigenvalue weighted by Crippen LogP contribution is -2.33. The number of amides is 2. The Balaban J connectivity index is 1.61. The van der Waals surface area contributed by atoms with Gasteiger partial charge in [0.05, 0.1) is 6.54 Å². The van der Waals surface area contributed by atoms with Gasteiger partial charge in [0.2, 0.25) is 0 Å². The number of unbranched alkanes of at least 4 members (excludes halogenated alkanes) is 1. The first kappa shape index (κ1) is 20.6. The SMILES string of the molecule is CCCCC(CC)CNC(=O)Nc1cccc(Cn2nc3ccccn3c2=O)c1. The predicted octanol–water partition coefficient (Wildman–Crippen LogP) is 3.88. The average molecular weight is 396 g/mol. The number of nitrogens with zero attached hydrogens (tertiary/aromatic N) is 3. The van der Waals surface area contributed by atoms with Crippen LogP contribution in [-0.2, 0) is 6.54 Å². The van der Waals surface area contributed by atoms with Gasteiger partial charge in [0.1, 0.15) is 0 Å². The number of aromatic nitrogens is 3. The quantitative estimate of drug-likeness (QED) is 0.577. The second-order valence-electron chi connectivity index (χ2n) is 7.32. The minimum absolute atomic E-state index is 0.186. The Bertz CT molecular complexity index is 1010. The van der Waals surface area contributed by atoms with Crippen LogP contribution in [0.1, 0.15) is 45.1 Å². The van der Waals surface area contributed by atoms with Crippen molar-refractivity contribution in [2.45, 2.75) is 46.1 Å². The Kier molecular flexibility index (Phi) is 7.05. The average Bonchev–Trinajstić information content (AvgIpc) is 3.04. The molecule has 7 heteroatoms. The second kappa shape index (κ2) is 9.91. The van der Waals surface area contributed by atoms with Crippen molar-refractivity contribution in [3.05, 3.63) is 64.7 Å². The molecule has 2 heterocycles. The van der Waals surface area contributed by atoms with Gasteiger partial charge in [-0.1, -0.05) is 51.3 Å². The van der Waals surface area contributed by atoms with E-state index < -0.39 is 0 Å². The zero-order chi connectivity index (χ0) is 20.6. The van der Waals surface area contributed by atoms with Gasteiger partial charge >= 0.3 is 11.7 Å². The van der Waals surface area contributed by atoms with Gasteiger partial charge in [-0.3, -0.25) is 4.40 Å². The van der Waals surface area contributed by atoms with E-state index in [1.54, 1.807) is 18.3 Å². The minimum Gasteiger partial charge on any atom is -0.338 e. The van der Waals surface area contributed by atoms with Crippen molar-refractivity contribution in [2.75, 3.05) is 11.9 Å². The largest absolute Gasteiger partial charge is 0.350 e. The molecule has 0 saturated carbocycles. The van der Waals surface area contributed by atoms with E-state index in [1.165, 1.54) is 21.9 Å². The zero-order valence-corrected chi connectivity index (χ0v) is 17.1. The summed E-state index contributed by atoms with van der Waals surface area (Å²) >= 11 is 0. The number of fused-ring (bicyclic) bond motifs is 1. The molecule has 29 heavy (non-hydrogen) atoms. The molecule has 2 amide bonds. The highest BCUT2D eigenvalue weighted by atomic mass is 16.2. The fourth-order valence-electron chi connectivity index (χ4n) is 3.35. The number of rotatable bonds is 9. The first-order valence-electron chi connectivity index (χ1n) is 10.3. The summed E-state index contributed by atoms with van der Waals surface area (Å²) in [5.74, 6) is 0.508. The third-order valence-electron chi connectivity index (χ3n) is 5.10. The molecule has 0 spiro atoms. The molecule has 7 nitrogen and oxygen atoms in total. The Hall–Kier alpha value is -3.09. The number of urea groups is 1. The maximum atomic E-state index is 12.4. The molecule has 0 saturated heterocycles. The fourth-order valence-corrected chi connectivity index (χ4v) is 3.35. The number of hydrogen-bond acceptors (Lipinski definition) is 3. The van der Waals surface area contributed by atoms with Crippen LogP contribution in [0.25, 0.3) is 5.65 Å². The van der Waals surface area contributed by atoms with Gasteiger partial charge in [-0.15, -0.1) is 5.10 Å². The van der Waals surface area contributed by atoms with Crippen LogP contribution in [0.3, 0.4) is 0 Å². The summed E-state index contributed by atoms with van der Waals surface area (Å²) in [4.78, 5) is 24.7. The minimum atomic E-state index is -0.206. The predicted molar refractivity (Wildman–Crippen MR) is 115 cm³/mol. The van der Waals surface area contributed by atoms with Crippen molar-refractivity contribution in [3.8, 4) is 0 Å². The molecule has 2 N–H and O–H groups in total. The highest BCUT2D eigenvalue weighted by Gasteiger charge is 2.10. The smallest absolute Gasteiger partial charge is 0.338 e. The van der Waals surface area contributed by atoms with Gasteiger partial charge in [0, 0.05) is 18.4 Å². The normalized spacial score (nSPS) is 12.1. The molecule has 2 aromatic heterocycles. The highest BCUT2D eigenvalue weighted by Crippen LogP contribution is 2.13. The summed E-state index contributed by atoms with van der Waals surface area (Å²) in [6.07, 6.45) is 6.25. The summed E-state index contributed by atoms with van der Waals surface area (Å²) in [7, 11) is 0. The van der Waals surface area contributed by atoms with E-state index in [9.17, 15) is 9.59 Å². The van der Waals surface area contributed by atoms with Crippen LogP contribution >= 0.6 is 0 Å². The summed E-state index contributed by atoms with van der Waals surface area (Å²) in [5, 5.41) is 10.2. The molecule has 3 rings (SSSR count). The topological polar surface area (TPSA) is 80.4 Å². The Morgan fingerprint density at radius 1 is 1.17 bits per heavy atom. The summed E-state index contributed by atoms with van der Waals surface area (Å²) < 4.78 is 2.94. The molecule has 0 radical (unpaired) electrons. The molecule has 3 aromatic rings. The monoisotopic (exact) mass is 395 g/mol. The number of hydrogen-bond donors (Lipinski definition) is 2. The lowest BCUT2D eigenvalue weighted by Gasteiger charge is -2.16.